The average molecular weight is 385 g/mol. The van der Waals surface area contributed by atoms with Crippen molar-refractivity contribution < 1.29 is 28.4 Å². The molecule has 0 spiro atoms. The van der Waals surface area contributed by atoms with Crippen molar-refractivity contribution >= 4 is 11.6 Å². The number of methoxy groups -OCH3 is 5. The zero-order valence-electron chi connectivity index (χ0n) is 16.6. The molecular formula is C21H23NO6. The molecule has 2 rings (SSSR count). The quantitative estimate of drug-likeness (QED) is 0.369. The Hall–Kier alpha value is -3.37. The van der Waals surface area contributed by atoms with Crippen LogP contribution in [-0.4, -0.2) is 42.3 Å². The Morgan fingerprint density at radius 2 is 1.50 bits per heavy atom. The van der Waals surface area contributed by atoms with Crippen molar-refractivity contribution in [1.29, 1.82) is 5.26 Å². The van der Waals surface area contributed by atoms with E-state index in [2.05, 4.69) is 6.07 Å². The van der Waals surface area contributed by atoms with Crippen molar-refractivity contribution in [1.82, 2.24) is 0 Å². The van der Waals surface area contributed by atoms with E-state index in [1.807, 2.05) is 6.07 Å². The van der Waals surface area contributed by atoms with Gasteiger partial charge in [0.2, 0.25) is 5.75 Å². The van der Waals surface area contributed by atoms with Gasteiger partial charge in [0.05, 0.1) is 40.1 Å². The molecule has 0 radical (unpaired) electrons. The van der Waals surface area contributed by atoms with E-state index in [1.165, 1.54) is 28.4 Å². The highest BCUT2D eigenvalue weighted by atomic mass is 16.7. The van der Waals surface area contributed by atoms with E-state index in [-0.39, 0.29) is 6.79 Å². The minimum atomic E-state index is 0.0848. The molecular weight excluding hydrogens is 362 g/mol. The average Bonchev–Trinajstić information content (AvgIpc) is 2.74. The van der Waals surface area contributed by atoms with Gasteiger partial charge in [0.1, 0.15) is 0 Å². The molecule has 7 heteroatoms. The summed E-state index contributed by atoms with van der Waals surface area (Å²) in [6, 6.07) is 11.0. The Labute approximate surface area is 164 Å². The van der Waals surface area contributed by atoms with Gasteiger partial charge in [-0.2, -0.15) is 5.26 Å². The lowest BCUT2D eigenvalue weighted by molar-refractivity contribution is 0.0491. The minimum absolute atomic E-state index is 0.0848. The summed E-state index contributed by atoms with van der Waals surface area (Å²) in [6.45, 7) is 0.0848. The molecule has 0 aliphatic rings. The zero-order chi connectivity index (χ0) is 20.5. The summed E-state index contributed by atoms with van der Waals surface area (Å²) in [7, 11) is 7.68. The number of hydrogen-bond donors (Lipinski definition) is 0. The van der Waals surface area contributed by atoms with Gasteiger partial charge >= 0.3 is 0 Å². The maximum absolute atomic E-state index is 9.70. The topological polar surface area (TPSA) is 79.2 Å². The summed E-state index contributed by atoms with van der Waals surface area (Å²) < 4.78 is 31.8. The lowest BCUT2D eigenvalue weighted by Gasteiger charge is -2.14. The smallest absolute Gasteiger partial charge is 0.203 e. The van der Waals surface area contributed by atoms with Crippen molar-refractivity contribution in [2.75, 3.05) is 42.3 Å². The molecule has 2 aromatic rings. The number of hydrogen-bond acceptors (Lipinski definition) is 7. The zero-order valence-corrected chi connectivity index (χ0v) is 16.6. The maximum atomic E-state index is 9.70. The molecule has 0 saturated heterocycles. The third-order valence-corrected chi connectivity index (χ3v) is 3.93. The first-order valence-electron chi connectivity index (χ1n) is 8.33. The highest BCUT2D eigenvalue weighted by Crippen LogP contribution is 2.40. The van der Waals surface area contributed by atoms with Gasteiger partial charge in [-0.15, -0.1) is 0 Å². The van der Waals surface area contributed by atoms with Gasteiger partial charge < -0.3 is 28.4 Å². The fourth-order valence-electron chi connectivity index (χ4n) is 2.60. The molecule has 28 heavy (non-hydrogen) atoms. The van der Waals surface area contributed by atoms with Crippen molar-refractivity contribution in [3.8, 4) is 34.8 Å². The normalized spacial score (nSPS) is 10.8. The standard InChI is InChI=1S/C21H23NO6/c1-23-13-28-18-9-14(6-7-17(18)24-2)8-16(12-22)15-10-19(25-3)21(27-5)20(11-15)26-4/h6-11H,13H2,1-5H3/b16-8-. The fraction of sp³-hybridized carbons (Fsp3) is 0.286. The van der Waals surface area contributed by atoms with Gasteiger partial charge in [-0.05, 0) is 41.5 Å². The number of benzene rings is 2. The Morgan fingerprint density at radius 1 is 0.857 bits per heavy atom. The molecule has 0 aromatic heterocycles. The predicted molar refractivity (Wildman–Crippen MR) is 105 cm³/mol. The summed E-state index contributed by atoms with van der Waals surface area (Å²) in [4.78, 5) is 0. The summed E-state index contributed by atoms with van der Waals surface area (Å²) in [5.74, 6) is 2.49. The molecule has 0 N–H and O–H groups in total. The summed E-state index contributed by atoms with van der Waals surface area (Å²) in [6.07, 6.45) is 1.74. The molecule has 0 unspecified atom stereocenters. The first-order chi connectivity index (χ1) is 13.6. The molecule has 2 aromatic carbocycles. The van der Waals surface area contributed by atoms with E-state index in [9.17, 15) is 5.26 Å². The molecule has 0 amide bonds. The molecule has 0 bridgehead atoms. The van der Waals surface area contributed by atoms with Crippen LogP contribution in [-0.2, 0) is 4.74 Å². The Balaban J connectivity index is 2.51. The van der Waals surface area contributed by atoms with Gasteiger partial charge in [0.25, 0.3) is 0 Å². The van der Waals surface area contributed by atoms with Gasteiger partial charge in [-0.3, -0.25) is 0 Å². The molecule has 0 saturated carbocycles. The third kappa shape index (κ3) is 4.67. The van der Waals surface area contributed by atoms with Crippen LogP contribution in [0.25, 0.3) is 11.6 Å². The van der Waals surface area contributed by atoms with E-state index >= 15 is 0 Å². The van der Waals surface area contributed by atoms with Gasteiger partial charge in [0, 0.05) is 7.11 Å². The Kier molecular flexibility index (Phi) is 7.55. The fourth-order valence-corrected chi connectivity index (χ4v) is 2.60. The van der Waals surface area contributed by atoms with E-state index in [0.717, 1.165) is 5.56 Å². The summed E-state index contributed by atoms with van der Waals surface area (Å²) in [5, 5.41) is 9.70. The van der Waals surface area contributed by atoms with Gasteiger partial charge in [-0.1, -0.05) is 6.07 Å². The number of nitriles is 1. The maximum Gasteiger partial charge on any atom is 0.203 e. The van der Waals surface area contributed by atoms with Crippen LogP contribution < -0.4 is 23.7 Å². The largest absolute Gasteiger partial charge is 0.493 e. The van der Waals surface area contributed by atoms with Crippen LogP contribution in [0, 0.1) is 11.3 Å². The first kappa shape index (κ1) is 20.9. The van der Waals surface area contributed by atoms with Crippen LogP contribution in [0.1, 0.15) is 11.1 Å². The van der Waals surface area contributed by atoms with Crippen molar-refractivity contribution in [2.24, 2.45) is 0 Å². The van der Waals surface area contributed by atoms with Crippen LogP contribution in [0.3, 0.4) is 0 Å². The number of allylic oxidation sites excluding steroid dienone is 1. The minimum Gasteiger partial charge on any atom is -0.493 e. The van der Waals surface area contributed by atoms with Crippen LogP contribution in [0.4, 0.5) is 0 Å². The van der Waals surface area contributed by atoms with Gasteiger partial charge in [0.15, 0.2) is 29.8 Å². The van der Waals surface area contributed by atoms with E-state index < -0.39 is 0 Å². The van der Waals surface area contributed by atoms with Crippen molar-refractivity contribution in [3.63, 3.8) is 0 Å². The first-order valence-corrected chi connectivity index (χ1v) is 8.33. The van der Waals surface area contributed by atoms with Crippen LogP contribution in [0.5, 0.6) is 28.7 Å². The van der Waals surface area contributed by atoms with E-state index in [1.54, 1.807) is 37.5 Å². The molecule has 0 atom stereocenters. The number of ether oxygens (including phenoxy) is 6. The molecule has 7 nitrogen and oxygen atoms in total. The lowest BCUT2D eigenvalue weighted by Crippen LogP contribution is -2.01. The Morgan fingerprint density at radius 3 is 2.00 bits per heavy atom. The molecule has 0 aliphatic heterocycles. The summed E-state index contributed by atoms with van der Waals surface area (Å²) in [5.41, 5.74) is 1.81. The van der Waals surface area contributed by atoms with Crippen LogP contribution in [0.15, 0.2) is 30.3 Å². The van der Waals surface area contributed by atoms with E-state index in [4.69, 9.17) is 28.4 Å². The second-order valence-corrected chi connectivity index (χ2v) is 5.54. The SMILES string of the molecule is COCOc1cc(/C=C(/C#N)c2cc(OC)c(OC)c(OC)c2)ccc1OC. The van der Waals surface area contributed by atoms with Crippen LogP contribution in [0.2, 0.25) is 0 Å². The second kappa shape index (κ2) is 10.1. The second-order valence-electron chi connectivity index (χ2n) is 5.54. The highest BCUT2D eigenvalue weighted by molar-refractivity contribution is 5.91. The van der Waals surface area contributed by atoms with Crippen molar-refractivity contribution in [3.05, 3.63) is 41.5 Å². The molecule has 0 fully saturated rings. The molecule has 148 valence electrons. The lowest BCUT2D eigenvalue weighted by atomic mass is 10.0. The van der Waals surface area contributed by atoms with E-state index in [0.29, 0.717) is 39.9 Å². The molecule has 0 heterocycles. The highest BCUT2D eigenvalue weighted by Gasteiger charge is 2.15. The van der Waals surface area contributed by atoms with Gasteiger partial charge in [-0.25, -0.2) is 0 Å². The predicted octanol–water partition coefficient (Wildman–Crippen LogP) is 3.77. The Bertz CT molecular complexity index is 860. The monoisotopic (exact) mass is 385 g/mol. The number of rotatable bonds is 9. The van der Waals surface area contributed by atoms with Crippen LogP contribution >= 0.6 is 0 Å². The number of nitrogens with zero attached hydrogens (tertiary/aromatic N) is 1. The van der Waals surface area contributed by atoms with Crippen molar-refractivity contribution in [2.45, 2.75) is 0 Å². The molecule has 0 aliphatic carbocycles. The third-order valence-electron chi connectivity index (χ3n) is 3.93. The summed E-state index contributed by atoms with van der Waals surface area (Å²) >= 11 is 0.